The van der Waals surface area contributed by atoms with Crippen LogP contribution in [0.5, 0.6) is 11.5 Å². The van der Waals surface area contributed by atoms with Crippen molar-refractivity contribution in [2.45, 2.75) is 0 Å². The van der Waals surface area contributed by atoms with E-state index in [-0.39, 0.29) is 18.2 Å². The summed E-state index contributed by atoms with van der Waals surface area (Å²) in [5.41, 5.74) is 1.58. The van der Waals surface area contributed by atoms with Crippen molar-refractivity contribution in [3.05, 3.63) is 63.8 Å². The minimum Gasteiger partial charge on any atom is -0.493 e. The van der Waals surface area contributed by atoms with Crippen LogP contribution in [-0.2, 0) is 9.53 Å². The number of cyclic esters (lactones) is 1. The van der Waals surface area contributed by atoms with Gasteiger partial charge in [0, 0.05) is 10.0 Å². The van der Waals surface area contributed by atoms with Crippen molar-refractivity contribution in [1.82, 2.24) is 0 Å². The van der Waals surface area contributed by atoms with Crippen LogP contribution >= 0.6 is 15.9 Å². The van der Waals surface area contributed by atoms with Crippen molar-refractivity contribution < 1.29 is 19.0 Å². The molecule has 2 aromatic rings. The van der Waals surface area contributed by atoms with E-state index >= 15 is 0 Å². The van der Waals surface area contributed by atoms with Gasteiger partial charge in [0.1, 0.15) is 6.07 Å². The van der Waals surface area contributed by atoms with Gasteiger partial charge in [-0.05, 0) is 42.0 Å². The van der Waals surface area contributed by atoms with Crippen LogP contribution in [0.25, 0.3) is 6.08 Å². The van der Waals surface area contributed by atoms with Crippen LogP contribution in [0, 0.1) is 11.3 Å². The predicted octanol–water partition coefficient (Wildman–Crippen LogP) is 3.70. The number of hydrogen-bond donors (Lipinski definition) is 0. The lowest BCUT2D eigenvalue weighted by Crippen LogP contribution is -2.05. The summed E-state index contributed by atoms with van der Waals surface area (Å²) in [6.45, 7) is -0.0799. The first-order valence-electron chi connectivity index (χ1n) is 7.57. The minimum atomic E-state index is -0.524. The number of rotatable bonds is 5. The third-order valence-corrected chi connectivity index (χ3v) is 3.97. The number of ether oxygens (including phenoxy) is 3. The normalized spacial score (nSPS) is 14.6. The van der Waals surface area contributed by atoms with Gasteiger partial charge in [-0.3, -0.25) is 0 Å². The third-order valence-electron chi connectivity index (χ3n) is 3.48. The molecule has 0 saturated carbocycles. The van der Waals surface area contributed by atoms with Gasteiger partial charge in [-0.25, -0.2) is 9.79 Å². The van der Waals surface area contributed by atoms with Crippen LogP contribution in [0.2, 0.25) is 0 Å². The molecule has 3 rings (SSSR count). The quantitative estimate of drug-likeness (QED) is 0.552. The molecule has 0 fully saturated rings. The molecule has 1 heterocycles. The fraction of sp³-hybridized carbons (Fsp3) is 0.105. The molecule has 0 radical (unpaired) electrons. The van der Waals surface area contributed by atoms with Gasteiger partial charge >= 0.3 is 5.97 Å². The predicted molar refractivity (Wildman–Crippen MR) is 98.9 cm³/mol. The Morgan fingerprint density at radius 2 is 2.12 bits per heavy atom. The van der Waals surface area contributed by atoms with Gasteiger partial charge in [-0.15, -0.1) is 0 Å². The third kappa shape index (κ3) is 3.92. The van der Waals surface area contributed by atoms with E-state index in [0.717, 1.165) is 4.47 Å². The summed E-state index contributed by atoms with van der Waals surface area (Å²) in [4.78, 5) is 16.4. The smallest absolute Gasteiger partial charge is 0.363 e. The molecular weight excluding hydrogens is 400 g/mol. The van der Waals surface area contributed by atoms with E-state index in [0.29, 0.717) is 22.6 Å². The van der Waals surface area contributed by atoms with E-state index in [9.17, 15) is 4.79 Å². The average molecular weight is 413 g/mol. The number of halogens is 1. The van der Waals surface area contributed by atoms with Gasteiger partial charge in [0.15, 0.2) is 23.8 Å². The zero-order valence-electron chi connectivity index (χ0n) is 13.7. The van der Waals surface area contributed by atoms with Crippen molar-refractivity contribution in [2.75, 3.05) is 13.7 Å². The van der Waals surface area contributed by atoms with Crippen LogP contribution in [0.15, 0.2) is 57.6 Å². The number of benzene rings is 2. The van der Waals surface area contributed by atoms with Crippen molar-refractivity contribution in [1.29, 1.82) is 5.26 Å². The van der Waals surface area contributed by atoms with E-state index < -0.39 is 5.97 Å². The van der Waals surface area contributed by atoms with Crippen molar-refractivity contribution >= 4 is 33.9 Å². The second-order valence-electron chi connectivity index (χ2n) is 5.20. The van der Waals surface area contributed by atoms with E-state index in [4.69, 9.17) is 19.5 Å². The number of hydrogen-bond acceptors (Lipinski definition) is 6. The zero-order chi connectivity index (χ0) is 18.5. The highest BCUT2D eigenvalue weighted by Crippen LogP contribution is 2.29. The van der Waals surface area contributed by atoms with Crippen molar-refractivity contribution in [2.24, 2.45) is 4.99 Å². The molecule has 1 aliphatic rings. The lowest BCUT2D eigenvalue weighted by atomic mass is 10.1. The Bertz CT molecular complexity index is 960. The highest BCUT2D eigenvalue weighted by atomic mass is 79.9. The van der Waals surface area contributed by atoms with Gasteiger partial charge < -0.3 is 14.2 Å². The maximum Gasteiger partial charge on any atom is 0.363 e. The highest BCUT2D eigenvalue weighted by molar-refractivity contribution is 9.10. The lowest BCUT2D eigenvalue weighted by Gasteiger charge is -2.08. The number of carbonyl (C=O) groups is 1. The maximum atomic E-state index is 12.1. The van der Waals surface area contributed by atoms with Gasteiger partial charge in [0.2, 0.25) is 5.90 Å². The number of esters is 1. The highest BCUT2D eigenvalue weighted by Gasteiger charge is 2.24. The fourth-order valence-corrected chi connectivity index (χ4v) is 2.71. The Balaban J connectivity index is 1.89. The number of nitriles is 1. The summed E-state index contributed by atoms with van der Waals surface area (Å²) in [6, 6.07) is 14.3. The fourth-order valence-electron chi connectivity index (χ4n) is 2.32. The van der Waals surface area contributed by atoms with Crippen LogP contribution in [0.3, 0.4) is 0 Å². The van der Waals surface area contributed by atoms with Crippen LogP contribution in [0.1, 0.15) is 11.1 Å². The molecule has 0 atom stereocenters. The molecule has 0 aliphatic carbocycles. The molecule has 0 aromatic heterocycles. The molecule has 7 heteroatoms. The molecule has 0 bridgehead atoms. The topological polar surface area (TPSA) is 80.9 Å². The second-order valence-corrected chi connectivity index (χ2v) is 6.12. The molecule has 6 nitrogen and oxygen atoms in total. The standard InChI is InChI=1S/C19H13BrN2O4/c1-24-17-10-12(5-6-16(17)25-8-7-21)9-15-19(23)26-18(22-15)13-3-2-4-14(20)11-13/h2-6,9-11H,8H2,1H3/b15-9+. The SMILES string of the molecule is COc1cc(/C=C2/N=C(c3cccc(Br)c3)OC2=O)ccc1OCC#N. The molecule has 0 saturated heterocycles. The van der Waals surface area contributed by atoms with Crippen molar-refractivity contribution in [3.8, 4) is 17.6 Å². The van der Waals surface area contributed by atoms with Crippen LogP contribution < -0.4 is 9.47 Å². The van der Waals surface area contributed by atoms with Crippen LogP contribution in [0.4, 0.5) is 0 Å². The molecule has 130 valence electrons. The first-order valence-corrected chi connectivity index (χ1v) is 8.36. The molecule has 26 heavy (non-hydrogen) atoms. The van der Waals surface area contributed by atoms with E-state index in [1.165, 1.54) is 7.11 Å². The molecule has 2 aromatic carbocycles. The lowest BCUT2D eigenvalue weighted by molar-refractivity contribution is -0.129. The van der Waals surface area contributed by atoms with E-state index in [2.05, 4.69) is 20.9 Å². The Hall–Kier alpha value is -3.11. The maximum absolute atomic E-state index is 12.1. The summed E-state index contributed by atoms with van der Waals surface area (Å²) in [6.07, 6.45) is 1.60. The molecule has 0 N–H and O–H groups in total. The Kier molecular flexibility index (Phi) is 5.34. The van der Waals surface area contributed by atoms with Gasteiger partial charge in [0.05, 0.1) is 7.11 Å². The van der Waals surface area contributed by atoms with Gasteiger partial charge in [0.25, 0.3) is 0 Å². The summed E-state index contributed by atoms with van der Waals surface area (Å²) < 4.78 is 16.7. The van der Waals surface area contributed by atoms with Gasteiger partial charge in [-0.1, -0.05) is 28.1 Å². The van der Waals surface area contributed by atoms with Crippen molar-refractivity contribution in [3.63, 3.8) is 0 Å². The number of aliphatic imine (C=N–C) groups is 1. The molecule has 0 amide bonds. The molecule has 0 spiro atoms. The first-order chi connectivity index (χ1) is 12.6. The first kappa shape index (κ1) is 17.7. The Labute approximate surface area is 158 Å². The minimum absolute atomic E-state index is 0.0799. The average Bonchev–Trinajstić information content (AvgIpc) is 3.01. The summed E-state index contributed by atoms with van der Waals surface area (Å²) >= 11 is 3.38. The van der Waals surface area contributed by atoms with E-state index in [1.807, 2.05) is 30.3 Å². The monoisotopic (exact) mass is 412 g/mol. The summed E-state index contributed by atoms with van der Waals surface area (Å²) in [7, 11) is 1.50. The Morgan fingerprint density at radius 1 is 1.27 bits per heavy atom. The number of nitrogens with zero attached hydrogens (tertiary/aromatic N) is 2. The Morgan fingerprint density at radius 3 is 2.85 bits per heavy atom. The zero-order valence-corrected chi connectivity index (χ0v) is 15.3. The number of methoxy groups -OCH3 is 1. The summed E-state index contributed by atoms with van der Waals surface area (Å²) in [5.74, 6) is 0.632. The second kappa shape index (κ2) is 7.85. The molecule has 1 aliphatic heterocycles. The largest absolute Gasteiger partial charge is 0.493 e. The molecule has 0 unspecified atom stereocenters. The van der Waals surface area contributed by atoms with Gasteiger partial charge in [-0.2, -0.15) is 5.26 Å². The number of carbonyl (C=O) groups excluding carboxylic acids is 1. The summed E-state index contributed by atoms with van der Waals surface area (Å²) in [5, 5.41) is 8.61. The van der Waals surface area contributed by atoms with Crippen LogP contribution in [-0.4, -0.2) is 25.6 Å². The van der Waals surface area contributed by atoms with E-state index in [1.54, 1.807) is 24.3 Å². The molecular formula is C19H13BrN2O4.